The Kier molecular flexibility index (Phi) is 3.24. The Morgan fingerprint density at radius 3 is 2.41 bits per heavy atom. The molecule has 0 saturated heterocycles. The number of nitrogens with zero attached hydrogens (tertiary/aromatic N) is 1. The van der Waals surface area contributed by atoms with Crippen molar-refractivity contribution in [2.75, 3.05) is 7.05 Å². The lowest BCUT2D eigenvalue weighted by molar-refractivity contribution is 0.474. The van der Waals surface area contributed by atoms with Crippen LogP contribution in [0.5, 0.6) is 5.75 Å². The molecule has 2 nitrogen and oxygen atoms in total. The van der Waals surface area contributed by atoms with E-state index in [2.05, 4.69) is 4.99 Å². The molecule has 0 amide bonds. The molecule has 0 heterocycles. The van der Waals surface area contributed by atoms with E-state index < -0.39 is 0 Å². The number of aromatic hydroxyl groups is 1. The highest BCUT2D eigenvalue weighted by atomic mass is 16.3. The number of hydrogen-bond acceptors (Lipinski definition) is 2. The molecule has 2 aromatic rings. The number of phenols is 1. The van der Waals surface area contributed by atoms with Gasteiger partial charge < -0.3 is 5.11 Å². The minimum absolute atomic E-state index is 0.264. The van der Waals surface area contributed by atoms with Gasteiger partial charge in [-0.2, -0.15) is 0 Å². The van der Waals surface area contributed by atoms with E-state index in [0.29, 0.717) is 0 Å². The predicted octanol–water partition coefficient (Wildman–Crippen LogP) is 3.17. The van der Waals surface area contributed by atoms with E-state index in [4.69, 9.17) is 0 Å². The fraction of sp³-hybridized carbons (Fsp3) is 0.133. The average Bonchev–Trinajstić information content (AvgIpc) is 2.36. The molecular formula is C15H15NO. The van der Waals surface area contributed by atoms with Crippen molar-refractivity contribution in [3.63, 3.8) is 0 Å². The third-order valence-corrected chi connectivity index (χ3v) is 2.68. The summed E-state index contributed by atoms with van der Waals surface area (Å²) in [4.78, 5) is 4.29. The Hall–Kier alpha value is -2.09. The molecule has 0 aromatic heterocycles. The maximum Gasteiger partial charge on any atom is 0.124 e. The lowest BCUT2D eigenvalue weighted by atomic mass is 10.00. The van der Waals surface area contributed by atoms with Crippen molar-refractivity contribution < 1.29 is 5.11 Å². The third kappa shape index (κ3) is 2.36. The molecular weight excluding hydrogens is 210 g/mol. The highest BCUT2D eigenvalue weighted by Crippen LogP contribution is 2.22. The van der Waals surface area contributed by atoms with Crippen molar-refractivity contribution in [1.82, 2.24) is 0 Å². The van der Waals surface area contributed by atoms with Crippen LogP contribution in [0.2, 0.25) is 0 Å². The van der Waals surface area contributed by atoms with E-state index >= 15 is 0 Å². The van der Waals surface area contributed by atoms with E-state index in [1.165, 1.54) is 0 Å². The largest absolute Gasteiger partial charge is 0.507 e. The standard InChI is InChI=1S/C15H15NO/c1-11-8-9-14(17)13(10-11)15(16-2)12-6-4-3-5-7-12/h3-10,17H,1-2H3. The second kappa shape index (κ2) is 4.83. The van der Waals surface area contributed by atoms with Gasteiger partial charge in [0.1, 0.15) is 5.75 Å². The molecule has 0 bridgehead atoms. The zero-order valence-corrected chi connectivity index (χ0v) is 10.0. The van der Waals surface area contributed by atoms with Gasteiger partial charge in [-0.15, -0.1) is 0 Å². The highest BCUT2D eigenvalue weighted by Gasteiger charge is 2.10. The molecule has 1 N–H and O–H groups in total. The molecule has 0 radical (unpaired) electrons. The van der Waals surface area contributed by atoms with Gasteiger partial charge in [0.2, 0.25) is 0 Å². The molecule has 2 aromatic carbocycles. The third-order valence-electron chi connectivity index (χ3n) is 2.68. The fourth-order valence-electron chi connectivity index (χ4n) is 1.84. The second-order valence-corrected chi connectivity index (χ2v) is 3.96. The van der Waals surface area contributed by atoms with E-state index in [1.54, 1.807) is 13.1 Å². The highest BCUT2D eigenvalue weighted by molar-refractivity contribution is 6.14. The number of aryl methyl sites for hydroxylation is 1. The number of hydrogen-bond donors (Lipinski definition) is 1. The molecule has 0 unspecified atom stereocenters. The van der Waals surface area contributed by atoms with Crippen molar-refractivity contribution in [3.8, 4) is 5.75 Å². The quantitative estimate of drug-likeness (QED) is 0.782. The van der Waals surface area contributed by atoms with Crippen LogP contribution in [0.1, 0.15) is 16.7 Å². The van der Waals surface area contributed by atoms with E-state index in [9.17, 15) is 5.11 Å². The molecule has 0 atom stereocenters. The summed E-state index contributed by atoms with van der Waals surface area (Å²) in [6, 6.07) is 15.4. The van der Waals surface area contributed by atoms with Crippen LogP contribution in [0.15, 0.2) is 53.5 Å². The fourth-order valence-corrected chi connectivity index (χ4v) is 1.84. The molecule has 0 spiro atoms. The summed E-state index contributed by atoms with van der Waals surface area (Å²) in [5.74, 6) is 0.264. The van der Waals surface area contributed by atoms with Gasteiger partial charge in [0.05, 0.1) is 5.71 Å². The van der Waals surface area contributed by atoms with Crippen LogP contribution in [0.4, 0.5) is 0 Å². The number of rotatable bonds is 2. The SMILES string of the molecule is CN=C(c1ccccc1)c1cc(C)ccc1O. The van der Waals surface area contributed by atoms with Crippen LogP contribution in [-0.2, 0) is 0 Å². The van der Waals surface area contributed by atoms with Crippen molar-refractivity contribution in [2.24, 2.45) is 4.99 Å². The molecule has 17 heavy (non-hydrogen) atoms. The molecule has 0 aliphatic heterocycles. The van der Waals surface area contributed by atoms with Gasteiger partial charge in [0.15, 0.2) is 0 Å². The number of aliphatic imine (C=N–C) groups is 1. The van der Waals surface area contributed by atoms with Gasteiger partial charge in [-0.05, 0) is 19.1 Å². The summed E-state index contributed by atoms with van der Waals surface area (Å²) in [5, 5.41) is 9.92. The van der Waals surface area contributed by atoms with Crippen LogP contribution in [0.25, 0.3) is 0 Å². The Balaban J connectivity index is 2.54. The van der Waals surface area contributed by atoms with Crippen LogP contribution >= 0.6 is 0 Å². The van der Waals surface area contributed by atoms with Crippen molar-refractivity contribution in [1.29, 1.82) is 0 Å². The first-order chi connectivity index (χ1) is 8.22. The monoisotopic (exact) mass is 225 g/mol. The van der Waals surface area contributed by atoms with Crippen LogP contribution in [-0.4, -0.2) is 17.9 Å². The number of benzene rings is 2. The van der Waals surface area contributed by atoms with Gasteiger partial charge in [-0.25, -0.2) is 0 Å². The Bertz CT molecular complexity index is 544. The molecule has 0 aliphatic carbocycles. The zero-order valence-electron chi connectivity index (χ0n) is 10.0. The summed E-state index contributed by atoms with van der Waals surface area (Å²) in [7, 11) is 1.74. The minimum atomic E-state index is 0.264. The Morgan fingerprint density at radius 2 is 1.76 bits per heavy atom. The lowest BCUT2D eigenvalue weighted by Gasteiger charge is -2.09. The summed E-state index contributed by atoms with van der Waals surface area (Å²) in [6.45, 7) is 2.00. The first-order valence-corrected chi connectivity index (χ1v) is 5.54. The van der Waals surface area contributed by atoms with Crippen LogP contribution < -0.4 is 0 Å². The smallest absolute Gasteiger partial charge is 0.124 e. The zero-order chi connectivity index (χ0) is 12.3. The molecule has 86 valence electrons. The van der Waals surface area contributed by atoms with E-state index in [1.807, 2.05) is 49.4 Å². The molecule has 0 aliphatic rings. The predicted molar refractivity (Wildman–Crippen MR) is 70.8 cm³/mol. The lowest BCUT2D eigenvalue weighted by Crippen LogP contribution is -2.03. The van der Waals surface area contributed by atoms with E-state index in [-0.39, 0.29) is 5.75 Å². The summed E-state index contributed by atoms with van der Waals surface area (Å²) in [6.07, 6.45) is 0. The topological polar surface area (TPSA) is 32.6 Å². The minimum Gasteiger partial charge on any atom is -0.507 e. The summed E-state index contributed by atoms with van der Waals surface area (Å²) >= 11 is 0. The van der Waals surface area contributed by atoms with E-state index in [0.717, 1.165) is 22.4 Å². The molecule has 2 heteroatoms. The Labute approximate surface area is 101 Å². The molecule has 0 saturated carbocycles. The van der Waals surface area contributed by atoms with Crippen LogP contribution in [0, 0.1) is 6.92 Å². The summed E-state index contributed by atoms with van der Waals surface area (Å²) in [5.41, 5.74) is 3.70. The van der Waals surface area contributed by atoms with Gasteiger partial charge in [-0.3, -0.25) is 4.99 Å². The number of phenolic OH excluding ortho intramolecular Hbond substituents is 1. The Morgan fingerprint density at radius 1 is 1.06 bits per heavy atom. The van der Waals surface area contributed by atoms with Crippen molar-refractivity contribution in [2.45, 2.75) is 6.92 Å². The second-order valence-electron chi connectivity index (χ2n) is 3.96. The first-order valence-electron chi connectivity index (χ1n) is 5.54. The maximum absolute atomic E-state index is 9.92. The van der Waals surface area contributed by atoms with Gasteiger partial charge in [0, 0.05) is 18.2 Å². The normalized spacial score (nSPS) is 11.5. The molecule has 0 fully saturated rings. The average molecular weight is 225 g/mol. The molecule has 2 rings (SSSR count). The van der Waals surface area contributed by atoms with Gasteiger partial charge in [0.25, 0.3) is 0 Å². The maximum atomic E-state index is 9.92. The van der Waals surface area contributed by atoms with Crippen molar-refractivity contribution >= 4 is 5.71 Å². The van der Waals surface area contributed by atoms with Crippen molar-refractivity contribution in [3.05, 3.63) is 65.2 Å². The van der Waals surface area contributed by atoms with Gasteiger partial charge in [-0.1, -0.05) is 42.0 Å². The van der Waals surface area contributed by atoms with Gasteiger partial charge >= 0.3 is 0 Å². The van der Waals surface area contributed by atoms with Crippen LogP contribution in [0.3, 0.4) is 0 Å². The summed E-state index contributed by atoms with van der Waals surface area (Å²) < 4.78 is 0. The first kappa shape index (κ1) is 11.4.